The molecule has 9 nitrogen and oxygen atoms in total. The molecule has 2 aromatic carbocycles. The summed E-state index contributed by atoms with van der Waals surface area (Å²) in [6, 6.07) is 12.9. The fraction of sp³-hybridized carbons (Fsp3) is 0.391. The second-order valence-electron chi connectivity index (χ2n) is 7.75. The summed E-state index contributed by atoms with van der Waals surface area (Å²) in [5.41, 5.74) is 0.566. The molecule has 178 valence electrons. The molecule has 10 heteroatoms. The Kier molecular flexibility index (Phi) is 8.29. The van der Waals surface area contributed by atoms with E-state index in [0.29, 0.717) is 30.3 Å². The lowest BCUT2D eigenvalue weighted by atomic mass is 10.2. The molecule has 0 aliphatic carbocycles. The summed E-state index contributed by atoms with van der Waals surface area (Å²) in [6.45, 7) is 0.646. The smallest absolute Gasteiger partial charge is 0.260 e. The Hall–Kier alpha value is -3.11. The van der Waals surface area contributed by atoms with Gasteiger partial charge in [-0.25, -0.2) is 8.42 Å². The van der Waals surface area contributed by atoms with Gasteiger partial charge in [0.05, 0.1) is 18.6 Å². The number of nitrogens with zero attached hydrogens (tertiary/aromatic N) is 2. The van der Waals surface area contributed by atoms with Crippen molar-refractivity contribution in [2.45, 2.75) is 24.2 Å². The van der Waals surface area contributed by atoms with Crippen LogP contribution in [0.4, 0.5) is 5.69 Å². The maximum atomic E-state index is 12.7. The van der Waals surface area contributed by atoms with Gasteiger partial charge in [0.2, 0.25) is 15.9 Å². The molecule has 1 N–H and O–H groups in total. The van der Waals surface area contributed by atoms with Crippen LogP contribution >= 0.6 is 0 Å². The van der Waals surface area contributed by atoms with Gasteiger partial charge in [0, 0.05) is 31.9 Å². The quantitative estimate of drug-likeness (QED) is 0.597. The molecule has 3 rings (SSSR count). The van der Waals surface area contributed by atoms with Crippen LogP contribution in [0.15, 0.2) is 53.4 Å². The monoisotopic (exact) mass is 475 g/mol. The molecule has 1 saturated heterocycles. The first-order valence-electron chi connectivity index (χ1n) is 10.7. The first-order valence-corrected chi connectivity index (χ1v) is 12.1. The van der Waals surface area contributed by atoms with Gasteiger partial charge in [-0.3, -0.25) is 9.59 Å². The lowest BCUT2D eigenvalue weighted by molar-refractivity contribution is -0.135. The predicted molar refractivity (Wildman–Crippen MR) is 124 cm³/mol. The maximum absolute atomic E-state index is 12.7. The molecule has 0 spiro atoms. The number of carbonyl (C=O) groups is 2. The number of hydrogen-bond acceptors (Lipinski definition) is 6. The minimum atomic E-state index is -3.52. The summed E-state index contributed by atoms with van der Waals surface area (Å²) >= 11 is 0. The number of hydrogen-bond donors (Lipinski definition) is 1. The van der Waals surface area contributed by atoms with Crippen molar-refractivity contribution in [3.05, 3.63) is 48.5 Å². The van der Waals surface area contributed by atoms with Crippen molar-refractivity contribution in [2.24, 2.45) is 0 Å². The Balaban J connectivity index is 1.48. The average Bonchev–Trinajstić information content (AvgIpc) is 2.83. The number of sulfonamides is 1. The molecule has 2 aromatic rings. The van der Waals surface area contributed by atoms with E-state index < -0.39 is 10.0 Å². The summed E-state index contributed by atoms with van der Waals surface area (Å²) in [5.74, 6) is 0.239. The number of likely N-dealkylation sites (N-methyl/N-ethyl adjacent to an activating group) is 1. The maximum Gasteiger partial charge on any atom is 0.260 e. The summed E-state index contributed by atoms with van der Waals surface area (Å²) in [6.07, 6.45) is 2.78. The van der Waals surface area contributed by atoms with Crippen molar-refractivity contribution >= 4 is 27.5 Å². The van der Waals surface area contributed by atoms with Gasteiger partial charge in [-0.15, -0.1) is 0 Å². The Labute approximate surface area is 194 Å². The topological polar surface area (TPSA) is 105 Å². The minimum absolute atomic E-state index is 0.146. The molecule has 0 radical (unpaired) electrons. The van der Waals surface area contributed by atoms with Gasteiger partial charge in [0.1, 0.15) is 11.5 Å². The van der Waals surface area contributed by atoms with Gasteiger partial charge in [0.15, 0.2) is 6.61 Å². The van der Waals surface area contributed by atoms with Crippen LogP contribution in [-0.2, 0) is 19.6 Å². The Morgan fingerprint density at radius 2 is 1.73 bits per heavy atom. The lowest BCUT2D eigenvalue weighted by Gasteiger charge is -2.25. The number of methoxy groups -OCH3 is 1. The van der Waals surface area contributed by atoms with Gasteiger partial charge in [0.25, 0.3) is 5.91 Å². The fourth-order valence-corrected chi connectivity index (χ4v) is 4.94. The van der Waals surface area contributed by atoms with E-state index in [0.717, 1.165) is 19.3 Å². The Morgan fingerprint density at radius 3 is 2.39 bits per heavy atom. The average molecular weight is 476 g/mol. The largest absolute Gasteiger partial charge is 0.497 e. The van der Waals surface area contributed by atoms with E-state index >= 15 is 0 Å². The molecular formula is C23H29N3O6S. The van der Waals surface area contributed by atoms with Crippen molar-refractivity contribution in [1.82, 2.24) is 9.21 Å². The van der Waals surface area contributed by atoms with Crippen LogP contribution in [0.25, 0.3) is 0 Å². The fourth-order valence-electron chi connectivity index (χ4n) is 3.42. The highest BCUT2D eigenvalue weighted by molar-refractivity contribution is 7.89. The third kappa shape index (κ3) is 6.69. The van der Waals surface area contributed by atoms with Crippen LogP contribution in [0.3, 0.4) is 0 Å². The van der Waals surface area contributed by atoms with Crippen molar-refractivity contribution in [3.63, 3.8) is 0 Å². The molecule has 1 aliphatic rings. The van der Waals surface area contributed by atoms with Crippen molar-refractivity contribution < 1.29 is 27.5 Å². The number of piperidine rings is 1. The third-order valence-electron chi connectivity index (χ3n) is 5.30. The van der Waals surface area contributed by atoms with E-state index in [-0.39, 0.29) is 29.9 Å². The van der Waals surface area contributed by atoms with E-state index in [2.05, 4.69) is 5.32 Å². The van der Waals surface area contributed by atoms with Crippen LogP contribution < -0.4 is 14.8 Å². The summed E-state index contributed by atoms with van der Waals surface area (Å²) < 4.78 is 37.5. The predicted octanol–water partition coefficient (Wildman–Crippen LogP) is 2.35. The van der Waals surface area contributed by atoms with Gasteiger partial charge in [-0.2, -0.15) is 4.31 Å². The molecular weight excluding hydrogens is 446 g/mol. The first-order chi connectivity index (χ1) is 15.8. The number of nitrogens with one attached hydrogen (secondary N) is 1. The first kappa shape index (κ1) is 24.5. The van der Waals surface area contributed by atoms with E-state index in [1.807, 2.05) is 0 Å². The van der Waals surface area contributed by atoms with Gasteiger partial charge < -0.3 is 19.7 Å². The highest BCUT2D eigenvalue weighted by Crippen LogP contribution is 2.22. The highest BCUT2D eigenvalue weighted by Gasteiger charge is 2.25. The van der Waals surface area contributed by atoms with Crippen LogP contribution in [0.1, 0.15) is 19.3 Å². The molecule has 33 heavy (non-hydrogen) atoms. The molecule has 0 saturated carbocycles. The highest BCUT2D eigenvalue weighted by atomic mass is 32.2. The zero-order valence-corrected chi connectivity index (χ0v) is 19.6. The molecule has 2 amide bonds. The van der Waals surface area contributed by atoms with E-state index in [9.17, 15) is 18.0 Å². The molecule has 1 aliphatic heterocycles. The molecule has 0 atom stereocenters. The lowest BCUT2D eigenvalue weighted by Crippen LogP contribution is -2.37. The molecule has 0 aromatic heterocycles. The zero-order chi connectivity index (χ0) is 23.8. The number of rotatable bonds is 9. The van der Waals surface area contributed by atoms with Crippen LogP contribution in [0.2, 0.25) is 0 Å². The van der Waals surface area contributed by atoms with Crippen molar-refractivity contribution in [3.8, 4) is 11.5 Å². The van der Waals surface area contributed by atoms with Crippen LogP contribution in [0, 0.1) is 0 Å². The van der Waals surface area contributed by atoms with E-state index in [1.165, 1.54) is 47.6 Å². The van der Waals surface area contributed by atoms with Gasteiger partial charge in [-0.1, -0.05) is 12.5 Å². The number of ether oxygens (including phenoxy) is 2. The summed E-state index contributed by atoms with van der Waals surface area (Å²) in [4.78, 5) is 26.0. The molecule has 1 heterocycles. The van der Waals surface area contributed by atoms with Crippen LogP contribution in [0.5, 0.6) is 11.5 Å². The van der Waals surface area contributed by atoms with Gasteiger partial charge >= 0.3 is 0 Å². The summed E-state index contributed by atoms with van der Waals surface area (Å²) in [5, 5.41) is 2.71. The third-order valence-corrected chi connectivity index (χ3v) is 7.21. The Morgan fingerprint density at radius 1 is 1.03 bits per heavy atom. The second kappa shape index (κ2) is 11.2. The van der Waals surface area contributed by atoms with E-state index in [4.69, 9.17) is 9.47 Å². The zero-order valence-electron chi connectivity index (χ0n) is 18.8. The van der Waals surface area contributed by atoms with Crippen molar-refractivity contribution in [2.75, 3.05) is 45.7 Å². The molecule has 0 bridgehead atoms. The molecule has 0 unspecified atom stereocenters. The Bertz CT molecular complexity index is 1070. The van der Waals surface area contributed by atoms with Crippen LogP contribution in [-0.4, -0.2) is 69.8 Å². The second-order valence-corrected chi connectivity index (χ2v) is 9.69. The SMILES string of the molecule is COc1cccc(NC(=O)CN(C)C(=O)COc2ccc(S(=O)(=O)N3CCCCC3)cc2)c1. The summed E-state index contributed by atoms with van der Waals surface area (Å²) in [7, 11) is -0.476. The number of anilines is 1. The van der Waals surface area contributed by atoms with Gasteiger partial charge in [-0.05, 0) is 49.2 Å². The number of carbonyl (C=O) groups excluding carboxylic acids is 2. The van der Waals surface area contributed by atoms with Crippen molar-refractivity contribution in [1.29, 1.82) is 0 Å². The standard InChI is InChI=1S/C23H29N3O6S/c1-25(16-22(27)24-18-7-6-8-20(15-18)31-2)23(28)17-32-19-9-11-21(12-10-19)33(29,30)26-13-4-3-5-14-26/h6-12,15H,3-5,13-14,16-17H2,1-2H3,(H,24,27). The minimum Gasteiger partial charge on any atom is -0.497 e. The number of benzene rings is 2. The van der Waals surface area contributed by atoms with E-state index in [1.54, 1.807) is 24.3 Å². The molecule has 1 fully saturated rings. The number of amides is 2. The normalized spacial score (nSPS) is 14.4.